The molecule has 0 N–H and O–H groups in total. The van der Waals surface area contributed by atoms with E-state index in [1.54, 1.807) is 0 Å². The summed E-state index contributed by atoms with van der Waals surface area (Å²) < 4.78 is 4.65. The fourth-order valence-corrected chi connectivity index (χ4v) is 3.94. The van der Waals surface area contributed by atoms with Crippen molar-refractivity contribution >= 4 is 11.0 Å². The van der Waals surface area contributed by atoms with Gasteiger partial charge in [-0.15, -0.1) is 0 Å². The van der Waals surface area contributed by atoms with Crippen LogP contribution in [0.5, 0.6) is 0 Å². The molecule has 27 heavy (non-hydrogen) atoms. The van der Waals surface area contributed by atoms with Crippen LogP contribution in [0.15, 0.2) is 66.7 Å². The molecule has 0 saturated carbocycles. The van der Waals surface area contributed by atoms with E-state index in [1.165, 1.54) is 44.7 Å². The zero-order chi connectivity index (χ0) is 19.1. The highest BCUT2D eigenvalue weighted by atomic mass is 15.1. The molecule has 0 aliphatic rings. The Morgan fingerprint density at radius 2 is 1.59 bits per heavy atom. The van der Waals surface area contributed by atoms with Gasteiger partial charge in [-0.2, -0.15) is 0 Å². The van der Waals surface area contributed by atoms with Crippen LogP contribution in [0.25, 0.3) is 33.5 Å². The standard InChI is InChI=1S/C25H27N2/c1-17(2)20-13-14-23-24(16-20)27(5)25(26(23)4)22-15-21(12-11-18(22)3)19-9-7-6-8-10-19/h6-17H,1-5H3/q+1. The number of benzene rings is 3. The Kier molecular flexibility index (Phi) is 4.35. The average Bonchev–Trinajstić information content (AvgIpc) is 2.93. The smallest absolute Gasteiger partial charge is 0.226 e. The molecule has 2 nitrogen and oxygen atoms in total. The first-order valence-electron chi connectivity index (χ1n) is 9.62. The summed E-state index contributed by atoms with van der Waals surface area (Å²) in [4.78, 5) is 0. The molecule has 1 heterocycles. The summed E-state index contributed by atoms with van der Waals surface area (Å²) in [5.74, 6) is 1.77. The molecule has 0 aliphatic carbocycles. The summed E-state index contributed by atoms with van der Waals surface area (Å²) >= 11 is 0. The predicted octanol–water partition coefficient (Wildman–Crippen LogP) is 5.77. The molecular formula is C25H27N2+. The van der Waals surface area contributed by atoms with Crippen LogP contribution in [0.4, 0.5) is 0 Å². The second-order valence-corrected chi connectivity index (χ2v) is 7.74. The molecule has 1 aromatic heterocycles. The van der Waals surface area contributed by atoms with E-state index in [1.807, 2.05) is 0 Å². The lowest BCUT2D eigenvalue weighted by Crippen LogP contribution is -2.30. The Hall–Kier alpha value is -2.87. The molecule has 4 aromatic rings. The van der Waals surface area contributed by atoms with Gasteiger partial charge in [-0.05, 0) is 53.3 Å². The molecule has 136 valence electrons. The third kappa shape index (κ3) is 2.95. The van der Waals surface area contributed by atoms with Gasteiger partial charge in [-0.25, -0.2) is 9.13 Å². The minimum absolute atomic E-state index is 0.529. The molecule has 4 rings (SSSR count). The highest BCUT2D eigenvalue weighted by Gasteiger charge is 2.24. The average molecular weight is 356 g/mol. The van der Waals surface area contributed by atoms with Gasteiger partial charge >= 0.3 is 0 Å². The van der Waals surface area contributed by atoms with Crippen molar-refractivity contribution in [3.8, 4) is 22.5 Å². The maximum Gasteiger partial charge on any atom is 0.289 e. The summed E-state index contributed by atoms with van der Waals surface area (Å²) in [5, 5.41) is 0. The van der Waals surface area contributed by atoms with Gasteiger partial charge in [0.2, 0.25) is 0 Å². The van der Waals surface area contributed by atoms with Crippen molar-refractivity contribution in [3.05, 3.63) is 77.9 Å². The van der Waals surface area contributed by atoms with E-state index < -0.39 is 0 Å². The first-order chi connectivity index (χ1) is 13.0. The second kappa shape index (κ2) is 6.70. The van der Waals surface area contributed by atoms with Crippen molar-refractivity contribution in [1.29, 1.82) is 0 Å². The van der Waals surface area contributed by atoms with Crippen LogP contribution in [-0.4, -0.2) is 4.57 Å². The van der Waals surface area contributed by atoms with Gasteiger partial charge < -0.3 is 0 Å². The lowest BCUT2D eigenvalue weighted by Gasteiger charge is -2.08. The Labute approximate surface area is 161 Å². The summed E-state index contributed by atoms with van der Waals surface area (Å²) in [6, 6.07) is 24.2. The summed E-state index contributed by atoms with van der Waals surface area (Å²) in [5.41, 5.74) is 9.00. The van der Waals surface area contributed by atoms with Crippen molar-refractivity contribution in [2.24, 2.45) is 14.1 Å². The Bertz CT molecular complexity index is 1120. The van der Waals surface area contributed by atoms with E-state index in [2.05, 4.69) is 111 Å². The molecule has 0 aliphatic heterocycles. The summed E-state index contributed by atoms with van der Waals surface area (Å²) in [6.45, 7) is 6.69. The van der Waals surface area contributed by atoms with E-state index in [9.17, 15) is 0 Å². The van der Waals surface area contributed by atoms with Gasteiger partial charge in [-0.3, -0.25) is 0 Å². The van der Waals surface area contributed by atoms with Crippen LogP contribution in [0.1, 0.15) is 30.9 Å². The molecule has 0 bridgehead atoms. The van der Waals surface area contributed by atoms with Crippen molar-refractivity contribution in [3.63, 3.8) is 0 Å². The van der Waals surface area contributed by atoms with E-state index in [0.29, 0.717) is 5.92 Å². The molecular weight excluding hydrogens is 328 g/mol. The number of fused-ring (bicyclic) bond motifs is 1. The molecule has 0 unspecified atom stereocenters. The van der Waals surface area contributed by atoms with Crippen LogP contribution in [-0.2, 0) is 14.1 Å². The highest BCUT2D eigenvalue weighted by molar-refractivity contribution is 5.79. The second-order valence-electron chi connectivity index (χ2n) is 7.74. The summed E-state index contributed by atoms with van der Waals surface area (Å²) in [6.07, 6.45) is 0. The van der Waals surface area contributed by atoms with E-state index in [-0.39, 0.29) is 0 Å². The van der Waals surface area contributed by atoms with Crippen LogP contribution >= 0.6 is 0 Å². The predicted molar refractivity (Wildman–Crippen MR) is 114 cm³/mol. The normalized spacial score (nSPS) is 11.5. The topological polar surface area (TPSA) is 8.81 Å². The fourth-order valence-electron chi connectivity index (χ4n) is 3.94. The largest absolute Gasteiger partial charge is 0.289 e. The van der Waals surface area contributed by atoms with Crippen LogP contribution < -0.4 is 4.57 Å². The molecule has 3 aromatic carbocycles. The van der Waals surface area contributed by atoms with Gasteiger partial charge in [0, 0.05) is 0 Å². The van der Waals surface area contributed by atoms with Crippen LogP contribution in [0.2, 0.25) is 0 Å². The number of aryl methyl sites for hydroxylation is 3. The first kappa shape index (κ1) is 17.5. The lowest BCUT2D eigenvalue weighted by molar-refractivity contribution is -0.634. The van der Waals surface area contributed by atoms with Gasteiger partial charge in [0.25, 0.3) is 5.82 Å². The third-order valence-corrected chi connectivity index (χ3v) is 5.61. The fraction of sp³-hybridized carbons (Fsp3) is 0.240. The number of imidazole rings is 1. The third-order valence-electron chi connectivity index (χ3n) is 5.61. The Morgan fingerprint density at radius 1 is 0.852 bits per heavy atom. The molecule has 0 radical (unpaired) electrons. The van der Waals surface area contributed by atoms with Crippen molar-refractivity contribution < 1.29 is 4.57 Å². The molecule has 0 saturated heterocycles. The maximum absolute atomic E-state index is 2.33. The van der Waals surface area contributed by atoms with E-state index in [0.717, 1.165) is 0 Å². The highest BCUT2D eigenvalue weighted by Crippen LogP contribution is 2.30. The van der Waals surface area contributed by atoms with Crippen molar-refractivity contribution in [1.82, 2.24) is 4.57 Å². The van der Waals surface area contributed by atoms with E-state index in [4.69, 9.17) is 0 Å². The zero-order valence-corrected chi connectivity index (χ0v) is 16.8. The van der Waals surface area contributed by atoms with E-state index >= 15 is 0 Å². The number of hydrogen-bond acceptors (Lipinski definition) is 0. The SMILES string of the molecule is Cc1ccc(-c2ccccc2)cc1-c1n(C)c2cc(C(C)C)ccc2[n+]1C. The van der Waals surface area contributed by atoms with Crippen LogP contribution in [0.3, 0.4) is 0 Å². The number of nitrogens with zero attached hydrogens (tertiary/aromatic N) is 2. The molecule has 2 heteroatoms. The number of aromatic nitrogens is 2. The van der Waals surface area contributed by atoms with Gasteiger partial charge in [0.1, 0.15) is 0 Å². The van der Waals surface area contributed by atoms with Crippen molar-refractivity contribution in [2.75, 3.05) is 0 Å². The molecule has 0 spiro atoms. The minimum atomic E-state index is 0.529. The van der Waals surface area contributed by atoms with Crippen molar-refractivity contribution in [2.45, 2.75) is 26.7 Å². The minimum Gasteiger partial charge on any atom is -0.226 e. The Morgan fingerprint density at radius 3 is 2.30 bits per heavy atom. The lowest BCUT2D eigenvalue weighted by atomic mass is 9.99. The maximum atomic E-state index is 2.33. The molecule has 0 atom stereocenters. The van der Waals surface area contributed by atoms with Gasteiger partial charge in [0.05, 0.1) is 19.7 Å². The first-order valence-corrected chi connectivity index (χ1v) is 9.62. The Balaban J connectivity index is 1.95. The zero-order valence-electron chi connectivity index (χ0n) is 16.8. The number of rotatable bonds is 3. The van der Waals surface area contributed by atoms with Crippen LogP contribution in [0, 0.1) is 6.92 Å². The van der Waals surface area contributed by atoms with Gasteiger partial charge in [-0.1, -0.05) is 62.4 Å². The molecule has 0 amide bonds. The monoisotopic (exact) mass is 355 g/mol. The number of hydrogen-bond donors (Lipinski definition) is 0. The molecule has 0 fully saturated rings. The quantitative estimate of drug-likeness (QED) is 0.413. The summed E-state index contributed by atoms with van der Waals surface area (Å²) in [7, 11) is 4.34. The van der Waals surface area contributed by atoms with Gasteiger partial charge in [0.15, 0.2) is 11.0 Å².